The van der Waals surface area contributed by atoms with E-state index >= 15 is 0 Å². The summed E-state index contributed by atoms with van der Waals surface area (Å²) in [5.74, 6) is 1.06. The minimum Gasteiger partial charge on any atom is -0.317 e. The van der Waals surface area contributed by atoms with Gasteiger partial charge in [0, 0.05) is 27.2 Å². The predicted molar refractivity (Wildman–Crippen MR) is 116 cm³/mol. The van der Waals surface area contributed by atoms with Gasteiger partial charge in [-0.3, -0.25) is 4.98 Å². The minimum atomic E-state index is 0.322. The Morgan fingerprint density at radius 2 is 1.96 bits per heavy atom. The van der Waals surface area contributed by atoms with Gasteiger partial charge in [-0.05, 0) is 73.7 Å². The van der Waals surface area contributed by atoms with E-state index in [0.29, 0.717) is 5.92 Å². The van der Waals surface area contributed by atoms with Crippen LogP contribution in [0.4, 0.5) is 0 Å². The Kier molecular flexibility index (Phi) is 6.91. The summed E-state index contributed by atoms with van der Waals surface area (Å²) in [6, 6.07) is 10.4. The molecule has 1 unspecified atom stereocenters. The zero-order valence-electron chi connectivity index (χ0n) is 15.4. The average molecular weight is 434 g/mol. The van der Waals surface area contributed by atoms with Gasteiger partial charge in [0.1, 0.15) is 0 Å². The number of aromatic nitrogens is 1. The number of piperidine rings is 1. The molecule has 1 saturated heterocycles. The Morgan fingerprint density at radius 1 is 1.19 bits per heavy atom. The van der Waals surface area contributed by atoms with Crippen molar-refractivity contribution in [3.05, 3.63) is 63.9 Å². The van der Waals surface area contributed by atoms with Crippen LogP contribution in [0.1, 0.15) is 61.4 Å². The molecule has 26 heavy (non-hydrogen) atoms. The first kappa shape index (κ1) is 19.6. The number of rotatable bonds is 2. The van der Waals surface area contributed by atoms with E-state index in [0.717, 1.165) is 34.9 Å². The molecule has 1 N–H and O–H groups in total. The van der Waals surface area contributed by atoms with Gasteiger partial charge in [-0.1, -0.05) is 53.5 Å². The molecule has 2 aromatic rings. The number of benzene rings is 1. The largest absolute Gasteiger partial charge is 0.317 e. The highest BCUT2D eigenvalue weighted by Crippen LogP contribution is 2.43. The molecule has 1 atom stereocenters. The van der Waals surface area contributed by atoms with Crippen molar-refractivity contribution in [2.24, 2.45) is 5.92 Å². The fourth-order valence-electron chi connectivity index (χ4n) is 3.94. The zero-order valence-corrected chi connectivity index (χ0v) is 17.8. The molecule has 2 aliphatic rings. The maximum atomic E-state index is 6.26. The normalized spacial score (nSPS) is 19.4. The summed E-state index contributed by atoms with van der Waals surface area (Å²) in [7, 11) is 0. The Balaban J connectivity index is 0.000000948. The molecule has 4 rings (SSSR count). The van der Waals surface area contributed by atoms with Crippen molar-refractivity contribution in [1.82, 2.24) is 10.3 Å². The van der Waals surface area contributed by atoms with Crippen molar-refractivity contribution in [2.75, 3.05) is 13.1 Å². The van der Waals surface area contributed by atoms with Crippen molar-refractivity contribution in [3.8, 4) is 0 Å². The zero-order chi connectivity index (χ0) is 18.5. The first-order chi connectivity index (χ1) is 12.7. The Hall–Kier alpha value is -1.16. The van der Waals surface area contributed by atoms with E-state index in [1.54, 1.807) is 0 Å². The van der Waals surface area contributed by atoms with E-state index in [4.69, 9.17) is 16.6 Å². The van der Waals surface area contributed by atoms with Crippen LogP contribution in [0.25, 0.3) is 10.6 Å². The molecule has 0 saturated carbocycles. The summed E-state index contributed by atoms with van der Waals surface area (Å²) >= 11 is 10.0. The fraction of sp³-hybridized carbons (Fsp3) is 0.409. The highest BCUT2D eigenvalue weighted by Gasteiger charge is 2.28. The van der Waals surface area contributed by atoms with Crippen LogP contribution < -0.4 is 5.32 Å². The molecular weight excluding hydrogens is 408 g/mol. The molecular formula is C22H26BrClN2. The summed E-state index contributed by atoms with van der Waals surface area (Å²) < 4.78 is 1.09. The smallest absolute Gasteiger partial charge is 0.0562 e. The number of halogens is 2. The quantitative estimate of drug-likeness (QED) is 0.585. The highest BCUT2D eigenvalue weighted by molar-refractivity contribution is 9.15. The van der Waals surface area contributed by atoms with E-state index < -0.39 is 0 Å². The van der Waals surface area contributed by atoms with Gasteiger partial charge in [0.05, 0.1) is 5.69 Å². The molecule has 0 bridgehead atoms. The topological polar surface area (TPSA) is 24.9 Å². The predicted octanol–water partition coefficient (Wildman–Crippen LogP) is 6.49. The molecule has 1 aliphatic heterocycles. The molecule has 2 nitrogen and oxygen atoms in total. The van der Waals surface area contributed by atoms with E-state index in [9.17, 15) is 0 Å². The van der Waals surface area contributed by atoms with Crippen LogP contribution in [0.3, 0.4) is 0 Å². The monoisotopic (exact) mass is 432 g/mol. The second-order valence-electron chi connectivity index (χ2n) is 6.68. The van der Waals surface area contributed by atoms with Gasteiger partial charge in [-0.25, -0.2) is 0 Å². The first-order valence-corrected chi connectivity index (χ1v) is 10.7. The SMILES string of the molecule is CC.Clc1ccc2c(c1)C=C(Br)c1cccnc1C2CC1CCNCC1. The lowest BCUT2D eigenvalue weighted by atomic mass is 9.81. The van der Waals surface area contributed by atoms with Crippen molar-refractivity contribution < 1.29 is 0 Å². The molecule has 0 amide bonds. The third-order valence-corrected chi connectivity index (χ3v) is 6.05. The van der Waals surface area contributed by atoms with Gasteiger partial charge in [-0.15, -0.1) is 0 Å². The van der Waals surface area contributed by atoms with E-state index in [2.05, 4.69) is 45.5 Å². The van der Waals surface area contributed by atoms with Crippen LogP contribution in [0, 0.1) is 5.92 Å². The fourth-order valence-corrected chi connectivity index (χ4v) is 4.70. The molecule has 1 fully saturated rings. The van der Waals surface area contributed by atoms with Crippen LogP contribution in [-0.4, -0.2) is 18.1 Å². The van der Waals surface area contributed by atoms with Gasteiger partial charge in [-0.2, -0.15) is 0 Å². The van der Waals surface area contributed by atoms with Crippen molar-refractivity contribution in [2.45, 2.75) is 39.0 Å². The molecule has 2 heterocycles. The minimum absolute atomic E-state index is 0.322. The lowest BCUT2D eigenvalue weighted by Gasteiger charge is -2.28. The molecule has 1 aromatic carbocycles. The van der Waals surface area contributed by atoms with Crippen molar-refractivity contribution in [1.29, 1.82) is 0 Å². The molecule has 138 valence electrons. The van der Waals surface area contributed by atoms with Crippen LogP contribution in [0.15, 0.2) is 36.5 Å². The van der Waals surface area contributed by atoms with E-state index in [-0.39, 0.29) is 0 Å². The number of fused-ring (bicyclic) bond motifs is 2. The lowest BCUT2D eigenvalue weighted by molar-refractivity contribution is 0.340. The molecule has 1 aliphatic carbocycles. The Labute approximate surface area is 170 Å². The van der Waals surface area contributed by atoms with Crippen LogP contribution >= 0.6 is 27.5 Å². The van der Waals surface area contributed by atoms with Crippen molar-refractivity contribution in [3.63, 3.8) is 0 Å². The van der Waals surface area contributed by atoms with Crippen LogP contribution in [-0.2, 0) is 0 Å². The third-order valence-electron chi connectivity index (χ3n) is 5.16. The molecule has 1 aromatic heterocycles. The van der Waals surface area contributed by atoms with Gasteiger partial charge in [0.25, 0.3) is 0 Å². The summed E-state index contributed by atoms with van der Waals surface area (Å²) in [4.78, 5) is 4.78. The Morgan fingerprint density at radius 3 is 2.73 bits per heavy atom. The maximum absolute atomic E-state index is 6.26. The van der Waals surface area contributed by atoms with Crippen LogP contribution in [0.2, 0.25) is 5.02 Å². The number of nitrogens with one attached hydrogen (secondary N) is 1. The van der Waals surface area contributed by atoms with Crippen molar-refractivity contribution >= 4 is 38.1 Å². The second-order valence-corrected chi connectivity index (χ2v) is 7.97. The van der Waals surface area contributed by atoms with Crippen LogP contribution in [0.5, 0.6) is 0 Å². The van der Waals surface area contributed by atoms with Gasteiger partial charge >= 0.3 is 0 Å². The van der Waals surface area contributed by atoms with Gasteiger partial charge in [0.2, 0.25) is 0 Å². The van der Waals surface area contributed by atoms with Gasteiger partial charge in [0.15, 0.2) is 0 Å². The third kappa shape index (κ3) is 4.21. The number of pyridine rings is 1. The Bertz CT molecular complexity index is 781. The molecule has 4 heteroatoms. The van der Waals surface area contributed by atoms with Gasteiger partial charge < -0.3 is 5.32 Å². The number of hydrogen-bond acceptors (Lipinski definition) is 2. The van der Waals surface area contributed by atoms with E-state index in [1.807, 2.05) is 32.2 Å². The second kappa shape index (κ2) is 9.16. The summed E-state index contributed by atoms with van der Waals surface area (Å²) in [6.07, 6.45) is 7.74. The molecule has 0 spiro atoms. The summed E-state index contributed by atoms with van der Waals surface area (Å²) in [5, 5.41) is 4.25. The standard InChI is InChI=1S/C20H20BrClN2.C2H6/c21-19-12-14-11-15(22)3-4-16(14)18(10-13-5-8-23-9-6-13)20-17(19)2-1-7-24-20;1-2/h1-4,7,11-13,18,23H,5-6,8-10H2;1-2H3. The number of hydrogen-bond donors (Lipinski definition) is 1. The first-order valence-electron chi connectivity index (χ1n) is 9.55. The average Bonchev–Trinajstić information content (AvgIpc) is 2.79. The lowest BCUT2D eigenvalue weighted by Crippen LogP contribution is -2.29. The maximum Gasteiger partial charge on any atom is 0.0562 e. The molecule has 0 radical (unpaired) electrons. The van der Waals surface area contributed by atoms with E-state index in [1.165, 1.54) is 35.2 Å². The summed E-state index contributed by atoms with van der Waals surface area (Å²) in [5.41, 5.74) is 4.92. The number of nitrogens with zero attached hydrogens (tertiary/aromatic N) is 1. The highest BCUT2D eigenvalue weighted by atomic mass is 79.9. The summed E-state index contributed by atoms with van der Waals surface area (Å²) in [6.45, 7) is 6.25.